The van der Waals surface area contributed by atoms with E-state index in [1.165, 1.54) is 5.56 Å². The predicted molar refractivity (Wildman–Crippen MR) is 98.9 cm³/mol. The van der Waals surface area contributed by atoms with E-state index < -0.39 is 0 Å². The van der Waals surface area contributed by atoms with Gasteiger partial charge in [-0.05, 0) is 47.9 Å². The van der Waals surface area contributed by atoms with Gasteiger partial charge in [-0.3, -0.25) is 4.79 Å². The fourth-order valence-corrected chi connectivity index (χ4v) is 2.65. The van der Waals surface area contributed by atoms with E-state index in [1.54, 1.807) is 24.3 Å². The van der Waals surface area contributed by atoms with Crippen LogP contribution < -0.4 is 5.32 Å². The maximum absolute atomic E-state index is 12.3. The van der Waals surface area contributed by atoms with Crippen LogP contribution in [-0.2, 0) is 0 Å². The molecule has 3 nitrogen and oxygen atoms in total. The van der Waals surface area contributed by atoms with Crippen molar-refractivity contribution in [1.82, 2.24) is 5.32 Å². The molecule has 0 saturated carbocycles. The van der Waals surface area contributed by atoms with Crippen molar-refractivity contribution in [2.45, 2.75) is 13.0 Å². The van der Waals surface area contributed by atoms with Gasteiger partial charge in [0.25, 0.3) is 5.91 Å². The molecule has 0 bridgehead atoms. The van der Waals surface area contributed by atoms with E-state index >= 15 is 0 Å². The number of nitrogens with zero attached hydrogens (tertiary/aromatic N) is 1. The second-order valence-corrected chi connectivity index (χ2v) is 5.87. The first-order chi connectivity index (χ1) is 12.2. The summed E-state index contributed by atoms with van der Waals surface area (Å²) in [7, 11) is 0. The Morgan fingerprint density at radius 1 is 0.880 bits per heavy atom. The highest BCUT2D eigenvalue weighted by molar-refractivity contribution is 5.94. The van der Waals surface area contributed by atoms with E-state index in [2.05, 4.69) is 29.6 Å². The van der Waals surface area contributed by atoms with Gasteiger partial charge in [-0.15, -0.1) is 0 Å². The lowest BCUT2D eigenvalue weighted by Crippen LogP contribution is -2.26. The van der Waals surface area contributed by atoms with Crippen LogP contribution in [0.4, 0.5) is 0 Å². The fourth-order valence-electron chi connectivity index (χ4n) is 2.65. The van der Waals surface area contributed by atoms with Gasteiger partial charge in [0.05, 0.1) is 17.7 Å². The SMILES string of the molecule is C[C@H](NC(=O)c1ccc(C#N)cc1)c1ccc(-c2ccccc2)cc1. The smallest absolute Gasteiger partial charge is 0.251 e. The molecule has 3 aromatic rings. The Labute approximate surface area is 147 Å². The molecular formula is C22H18N2O. The van der Waals surface area contributed by atoms with Gasteiger partial charge in [-0.1, -0.05) is 54.6 Å². The molecule has 0 fully saturated rings. The third-order valence-corrected chi connectivity index (χ3v) is 4.14. The van der Waals surface area contributed by atoms with Gasteiger partial charge < -0.3 is 5.32 Å². The highest BCUT2D eigenvalue weighted by Gasteiger charge is 2.11. The topological polar surface area (TPSA) is 52.9 Å². The predicted octanol–water partition coefficient (Wildman–Crippen LogP) is 4.72. The van der Waals surface area contributed by atoms with Crippen LogP contribution in [0.2, 0.25) is 0 Å². The summed E-state index contributed by atoms with van der Waals surface area (Å²) in [4.78, 5) is 12.3. The van der Waals surface area contributed by atoms with Crippen LogP contribution in [0.15, 0.2) is 78.9 Å². The Bertz CT molecular complexity index is 892. The molecule has 0 radical (unpaired) electrons. The number of rotatable bonds is 4. The molecule has 0 aliphatic heterocycles. The minimum Gasteiger partial charge on any atom is -0.346 e. The Kier molecular flexibility index (Phi) is 4.92. The molecular weight excluding hydrogens is 308 g/mol. The second kappa shape index (κ2) is 7.46. The summed E-state index contributed by atoms with van der Waals surface area (Å²) >= 11 is 0. The fraction of sp³-hybridized carbons (Fsp3) is 0.0909. The Morgan fingerprint density at radius 3 is 2.08 bits per heavy atom. The molecule has 1 atom stereocenters. The zero-order valence-electron chi connectivity index (χ0n) is 13.9. The van der Waals surface area contributed by atoms with Gasteiger partial charge in [0.1, 0.15) is 0 Å². The lowest BCUT2D eigenvalue weighted by molar-refractivity contribution is 0.0940. The van der Waals surface area contributed by atoms with Crippen LogP contribution in [-0.4, -0.2) is 5.91 Å². The highest BCUT2D eigenvalue weighted by atomic mass is 16.1. The quantitative estimate of drug-likeness (QED) is 0.754. The lowest BCUT2D eigenvalue weighted by Gasteiger charge is -2.15. The average molecular weight is 326 g/mol. The molecule has 0 spiro atoms. The molecule has 25 heavy (non-hydrogen) atoms. The average Bonchev–Trinajstić information content (AvgIpc) is 2.68. The molecule has 0 aromatic heterocycles. The summed E-state index contributed by atoms with van der Waals surface area (Å²) in [5, 5.41) is 11.8. The van der Waals surface area contributed by atoms with Crippen molar-refractivity contribution in [1.29, 1.82) is 5.26 Å². The van der Waals surface area contributed by atoms with Crippen LogP contribution in [0.1, 0.15) is 34.5 Å². The van der Waals surface area contributed by atoms with Gasteiger partial charge in [0, 0.05) is 5.56 Å². The Morgan fingerprint density at radius 2 is 1.48 bits per heavy atom. The lowest BCUT2D eigenvalue weighted by atomic mass is 10.0. The van der Waals surface area contributed by atoms with Crippen molar-refractivity contribution in [3.63, 3.8) is 0 Å². The molecule has 0 heterocycles. The molecule has 1 N–H and O–H groups in total. The largest absolute Gasteiger partial charge is 0.346 e. The molecule has 0 aliphatic carbocycles. The molecule has 0 saturated heterocycles. The minimum absolute atomic E-state index is 0.104. The Hall–Kier alpha value is -3.38. The molecule has 0 unspecified atom stereocenters. The summed E-state index contributed by atoms with van der Waals surface area (Å²) < 4.78 is 0. The summed E-state index contributed by atoms with van der Waals surface area (Å²) in [5.74, 6) is -0.149. The number of carbonyl (C=O) groups excluding carboxylic acids is 1. The maximum Gasteiger partial charge on any atom is 0.251 e. The number of benzene rings is 3. The zero-order valence-corrected chi connectivity index (χ0v) is 13.9. The van der Waals surface area contributed by atoms with E-state index in [0.717, 1.165) is 11.1 Å². The molecule has 1 amide bonds. The number of hydrogen-bond donors (Lipinski definition) is 1. The zero-order chi connectivity index (χ0) is 17.6. The third-order valence-electron chi connectivity index (χ3n) is 4.14. The molecule has 0 aliphatic rings. The maximum atomic E-state index is 12.3. The van der Waals surface area contributed by atoms with Crippen molar-refractivity contribution in [2.24, 2.45) is 0 Å². The van der Waals surface area contributed by atoms with E-state index in [4.69, 9.17) is 5.26 Å². The number of nitrogens with one attached hydrogen (secondary N) is 1. The van der Waals surface area contributed by atoms with Crippen molar-refractivity contribution in [3.05, 3.63) is 95.6 Å². The molecule has 122 valence electrons. The monoisotopic (exact) mass is 326 g/mol. The first-order valence-corrected chi connectivity index (χ1v) is 8.14. The van der Waals surface area contributed by atoms with Gasteiger partial charge in [-0.25, -0.2) is 0 Å². The highest BCUT2D eigenvalue weighted by Crippen LogP contribution is 2.22. The summed E-state index contributed by atoms with van der Waals surface area (Å²) in [6.45, 7) is 1.96. The van der Waals surface area contributed by atoms with Crippen LogP contribution in [0.5, 0.6) is 0 Å². The van der Waals surface area contributed by atoms with Crippen molar-refractivity contribution in [3.8, 4) is 17.2 Å². The molecule has 3 rings (SSSR count). The number of carbonyl (C=O) groups is 1. The van der Waals surface area contributed by atoms with Gasteiger partial charge in [0.2, 0.25) is 0 Å². The van der Waals surface area contributed by atoms with Crippen LogP contribution in [0, 0.1) is 11.3 Å². The number of hydrogen-bond acceptors (Lipinski definition) is 2. The van der Waals surface area contributed by atoms with Crippen molar-refractivity contribution >= 4 is 5.91 Å². The number of amides is 1. The molecule has 3 aromatic carbocycles. The van der Waals surface area contributed by atoms with E-state index in [-0.39, 0.29) is 11.9 Å². The first kappa shape index (κ1) is 16.5. The van der Waals surface area contributed by atoms with E-state index in [1.807, 2.05) is 43.3 Å². The second-order valence-electron chi connectivity index (χ2n) is 5.87. The van der Waals surface area contributed by atoms with Crippen LogP contribution in [0.25, 0.3) is 11.1 Å². The normalized spacial score (nSPS) is 11.4. The summed E-state index contributed by atoms with van der Waals surface area (Å²) in [6, 6.07) is 26.9. The first-order valence-electron chi connectivity index (χ1n) is 8.14. The summed E-state index contributed by atoms with van der Waals surface area (Å²) in [6.07, 6.45) is 0. The number of nitriles is 1. The van der Waals surface area contributed by atoms with E-state index in [9.17, 15) is 4.79 Å². The van der Waals surface area contributed by atoms with E-state index in [0.29, 0.717) is 11.1 Å². The van der Waals surface area contributed by atoms with Gasteiger partial charge in [-0.2, -0.15) is 5.26 Å². The third kappa shape index (κ3) is 3.94. The van der Waals surface area contributed by atoms with Crippen molar-refractivity contribution < 1.29 is 4.79 Å². The van der Waals surface area contributed by atoms with Gasteiger partial charge in [0.15, 0.2) is 0 Å². The van der Waals surface area contributed by atoms with Crippen LogP contribution >= 0.6 is 0 Å². The standard InChI is InChI=1S/C22H18N2O/c1-16(24-22(25)21-9-7-17(15-23)8-10-21)18-11-13-20(14-12-18)19-5-3-2-4-6-19/h2-14,16H,1H3,(H,24,25)/t16-/m0/s1. The Balaban J connectivity index is 1.69. The van der Waals surface area contributed by atoms with Crippen LogP contribution in [0.3, 0.4) is 0 Å². The van der Waals surface area contributed by atoms with Gasteiger partial charge >= 0.3 is 0 Å². The minimum atomic E-state index is -0.149. The summed E-state index contributed by atoms with van der Waals surface area (Å²) in [5.41, 5.74) is 4.45. The molecule has 3 heteroatoms. The van der Waals surface area contributed by atoms with Crippen molar-refractivity contribution in [2.75, 3.05) is 0 Å².